The fourth-order valence-corrected chi connectivity index (χ4v) is 5.93. The minimum atomic E-state index is -0.227. The Morgan fingerprint density at radius 2 is 1.92 bits per heavy atom. The second-order valence-electron chi connectivity index (χ2n) is 10.3. The molecule has 9 nitrogen and oxygen atoms in total. The highest BCUT2D eigenvalue weighted by Crippen LogP contribution is 2.33. The second kappa shape index (κ2) is 9.36. The number of carbonyl (C=O) groups excluding carboxylic acids is 1. The first kappa shape index (κ1) is 24.1. The van der Waals surface area contributed by atoms with Gasteiger partial charge < -0.3 is 19.1 Å². The SMILES string of the molecule is Cc1cc2c(cc1C(=O)N1CCc3onc(-c4ccc(Cl)cc4)c3C1)[nH]c(=O)c1cnc(C3CCOCC3)n12. The molecule has 2 aliphatic heterocycles. The summed E-state index contributed by atoms with van der Waals surface area (Å²) < 4.78 is 13.1. The standard InChI is InChI=1S/C29H26ClN5O4/c1-16-12-23-22(32-28(36)24-14-31-27(35(23)24)18-7-10-38-11-8-18)13-20(16)29(37)34-9-6-25-21(15-34)26(33-39-25)17-2-4-19(30)5-3-17/h2-5,12-14,18H,6-11,15H2,1H3,(H,32,36). The van der Waals surface area contributed by atoms with Crippen molar-refractivity contribution in [2.75, 3.05) is 19.8 Å². The summed E-state index contributed by atoms with van der Waals surface area (Å²) in [4.78, 5) is 36.3. The third kappa shape index (κ3) is 4.04. The number of halogens is 1. The molecule has 0 bridgehead atoms. The van der Waals surface area contributed by atoms with Crippen LogP contribution in [-0.4, -0.2) is 50.1 Å². The molecule has 10 heteroatoms. The largest absolute Gasteiger partial charge is 0.381 e. The molecule has 198 valence electrons. The maximum atomic E-state index is 13.8. The van der Waals surface area contributed by atoms with Gasteiger partial charge in [0, 0.05) is 53.8 Å². The van der Waals surface area contributed by atoms with Crippen LogP contribution in [0.3, 0.4) is 0 Å². The van der Waals surface area contributed by atoms with Gasteiger partial charge in [0.2, 0.25) is 0 Å². The molecule has 0 aliphatic carbocycles. The van der Waals surface area contributed by atoms with Crippen LogP contribution in [0.4, 0.5) is 0 Å². The maximum absolute atomic E-state index is 13.8. The molecule has 2 aliphatic rings. The predicted molar refractivity (Wildman–Crippen MR) is 146 cm³/mol. The molecule has 3 aromatic heterocycles. The lowest BCUT2D eigenvalue weighted by Gasteiger charge is -2.27. The average molecular weight is 544 g/mol. The zero-order chi connectivity index (χ0) is 26.7. The van der Waals surface area contributed by atoms with E-state index in [1.807, 2.05) is 46.6 Å². The number of fused-ring (bicyclic) bond motifs is 4. The molecule has 1 fully saturated rings. The molecule has 0 unspecified atom stereocenters. The van der Waals surface area contributed by atoms with Crippen LogP contribution >= 0.6 is 11.6 Å². The lowest BCUT2D eigenvalue weighted by molar-refractivity contribution is 0.0728. The highest BCUT2D eigenvalue weighted by molar-refractivity contribution is 6.30. The Morgan fingerprint density at radius 3 is 2.72 bits per heavy atom. The first-order valence-electron chi connectivity index (χ1n) is 13.1. The number of amides is 1. The van der Waals surface area contributed by atoms with Gasteiger partial charge in [-0.15, -0.1) is 0 Å². The van der Waals surface area contributed by atoms with E-state index < -0.39 is 0 Å². The Kier molecular flexibility index (Phi) is 5.79. The number of hydrogen-bond acceptors (Lipinski definition) is 6. The van der Waals surface area contributed by atoms with Gasteiger partial charge in [0.1, 0.15) is 22.8 Å². The van der Waals surface area contributed by atoms with Crippen molar-refractivity contribution in [3.63, 3.8) is 0 Å². The van der Waals surface area contributed by atoms with Gasteiger partial charge in [-0.1, -0.05) is 28.9 Å². The van der Waals surface area contributed by atoms with E-state index in [-0.39, 0.29) is 17.4 Å². The number of imidazole rings is 1. The molecule has 0 radical (unpaired) electrons. The van der Waals surface area contributed by atoms with E-state index >= 15 is 0 Å². The van der Waals surface area contributed by atoms with E-state index in [1.165, 1.54) is 0 Å². The van der Waals surface area contributed by atoms with Crippen molar-refractivity contribution >= 4 is 34.1 Å². The quantitative estimate of drug-likeness (QED) is 0.347. The third-order valence-electron chi connectivity index (χ3n) is 7.90. The third-order valence-corrected chi connectivity index (χ3v) is 8.15. The monoisotopic (exact) mass is 543 g/mol. The van der Waals surface area contributed by atoms with Crippen molar-refractivity contribution in [1.82, 2.24) is 24.4 Å². The predicted octanol–water partition coefficient (Wildman–Crippen LogP) is 4.89. The summed E-state index contributed by atoms with van der Waals surface area (Å²) in [5.41, 5.74) is 5.64. The number of benzene rings is 2. The van der Waals surface area contributed by atoms with Gasteiger partial charge >= 0.3 is 0 Å². The van der Waals surface area contributed by atoms with Gasteiger partial charge in [-0.05, 0) is 49.6 Å². The highest BCUT2D eigenvalue weighted by atomic mass is 35.5. The Hall–Kier alpha value is -3.95. The zero-order valence-corrected chi connectivity index (χ0v) is 22.1. The van der Waals surface area contributed by atoms with E-state index in [0.717, 1.165) is 52.3 Å². The number of aryl methyl sites for hydroxylation is 1. The molecular formula is C29H26ClN5O4. The molecule has 7 rings (SSSR count). The summed E-state index contributed by atoms with van der Waals surface area (Å²) in [6.07, 6.45) is 3.94. The van der Waals surface area contributed by atoms with Gasteiger partial charge in [-0.2, -0.15) is 0 Å². The average Bonchev–Trinajstić information content (AvgIpc) is 3.59. The Labute approximate surface area is 228 Å². The normalized spacial score (nSPS) is 16.2. The number of hydrogen-bond donors (Lipinski definition) is 1. The van der Waals surface area contributed by atoms with Gasteiger partial charge in [0.15, 0.2) is 0 Å². The number of aromatic amines is 1. The van der Waals surface area contributed by atoms with Crippen molar-refractivity contribution in [2.24, 2.45) is 0 Å². The molecule has 1 N–H and O–H groups in total. The Morgan fingerprint density at radius 1 is 1.13 bits per heavy atom. The van der Waals surface area contributed by atoms with Gasteiger partial charge in [0.05, 0.1) is 23.8 Å². The molecule has 39 heavy (non-hydrogen) atoms. The smallest absolute Gasteiger partial charge is 0.274 e. The van der Waals surface area contributed by atoms with Crippen LogP contribution in [-0.2, 0) is 17.7 Å². The minimum Gasteiger partial charge on any atom is -0.381 e. The van der Waals surface area contributed by atoms with Crippen LogP contribution in [0.1, 0.15) is 51.8 Å². The molecule has 5 heterocycles. The van der Waals surface area contributed by atoms with Crippen LogP contribution in [0.15, 0.2) is 51.9 Å². The van der Waals surface area contributed by atoms with E-state index in [2.05, 4.69) is 15.1 Å². The van der Waals surface area contributed by atoms with Gasteiger partial charge in [-0.25, -0.2) is 4.98 Å². The number of H-pyrrole nitrogens is 1. The second-order valence-corrected chi connectivity index (χ2v) is 10.7. The number of ether oxygens (including phenoxy) is 1. The van der Waals surface area contributed by atoms with Crippen LogP contribution < -0.4 is 5.56 Å². The van der Waals surface area contributed by atoms with Crippen molar-refractivity contribution in [1.29, 1.82) is 0 Å². The molecule has 5 aromatic rings. The zero-order valence-electron chi connectivity index (χ0n) is 21.4. The van der Waals surface area contributed by atoms with Crippen molar-refractivity contribution in [2.45, 2.75) is 38.6 Å². The lowest BCUT2D eigenvalue weighted by atomic mass is 9.99. The van der Waals surface area contributed by atoms with E-state index in [9.17, 15) is 9.59 Å². The Balaban J connectivity index is 1.26. The summed E-state index contributed by atoms with van der Waals surface area (Å²) in [7, 11) is 0. The van der Waals surface area contributed by atoms with Crippen molar-refractivity contribution in [3.05, 3.63) is 86.2 Å². The number of carbonyl (C=O) groups is 1. The fraction of sp³-hybridized carbons (Fsp3) is 0.310. The topological polar surface area (TPSA) is 106 Å². The summed E-state index contributed by atoms with van der Waals surface area (Å²) in [6.45, 7) is 4.20. The van der Waals surface area contributed by atoms with Crippen molar-refractivity contribution < 1.29 is 14.1 Å². The first-order chi connectivity index (χ1) is 19.0. The van der Waals surface area contributed by atoms with Gasteiger partial charge in [0.25, 0.3) is 11.5 Å². The minimum absolute atomic E-state index is 0.0977. The molecule has 1 saturated heterocycles. The van der Waals surface area contributed by atoms with E-state index in [4.69, 9.17) is 20.9 Å². The summed E-state index contributed by atoms with van der Waals surface area (Å²) >= 11 is 6.06. The summed E-state index contributed by atoms with van der Waals surface area (Å²) in [5.74, 6) is 1.79. The number of rotatable bonds is 3. The molecule has 0 saturated carbocycles. The van der Waals surface area contributed by atoms with Gasteiger partial charge in [-0.3, -0.25) is 14.0 Å². The first-order valence-corrected chi connectivity index (χ1v) is 13.5. The van der Waals surface area contributed by atoms with Crippen LogP contribution in [0.5, 0.6) is 0 Å². The van der Waals surface area contributed by atoms with E-state index in [1.54, 1.807) is 12.3 Å². The van der Waals surface area contributed by atoms with Crippen molar-refractivity contribution in [3.8, 4) is 11.3 Å². The molecule has 1 amide bonds. The molecule has 0 atom stereocenters. The summed E-state index contributed by atoms with van der Waals surface area (Å²) in [5, 5.41) is 4.93. The number of nitrogens with zero attached hydrogens (tertiary/aromatic N) is 4. The summed E-state index contributed by atoms with van der Waals surface area (Å²) in [6, 6.07) is 11.2. The molecule has 2 aromatic carbocycles. The number of aromatic nitrogens is 4. The maximum Gasteiger partial charge on any atom is 0.274 e. The van der Waals surface area contributed by atoms with Crippen LogP contribution in [0.2, 0.25) is 5.02 Å². The number of nitrogens with one attached hydrogen (secondary N) is 1. The van der Waals surface area contributed by atoms with Crippen LogP contribution in [0.25, 0.3) is 27.8 Å². The lowest BCUT2D eigenvalue weighted by Crippen LogP contribution is -2.36. The Bertz CT molecular complexity index is 1800. The van der Waals surface area contributed by atoms with Crippen LogP contribution in [0, 0.1) is 6.92 Å². The molecule has 0 spiro atoms. The fourth-order valence-electron chi connectivity index (χ4n) is 5.81. The van der Waals surface area contributed by atoms with E-state index in [0.29, 0.717) is 54.3 Å². The highest BCUT2D eigenvalue weighted by Gasteiger charge is 2.29. The molecular weight excluding hydrogens is 518 g/mol.